The first-order valence-electron chi connectivity index (χ1n) is 10.4. The van der Waals surface area contributed by atoms with E-state index in [1.54, 1.807) is 6.08 Å². The van der Waals surface area contributed by atoms with Gasteiger partial charge < -0.3 is 19.5 Å². The summed E-state index contributed by atoms with van der Waals surface area (Å²) in [6.07, 6.45) is 2.26. The SMILES string of the molecule is CC1=CC(C(=O)NCCCOc2ccc(S(=O)(=O)C3(C(=O)NO)CCOCC3)cc2)CO1. The van der Waals surface area contributed by atoms with Crippen LogP contribution in [0.4, 0.5) is 0 Å². The highest BCUT2D eigenvalue weighted by molar-refractivity contribution is 7.93. The molecular formula is C21H28N2O8S. The molecule has 11 heteroatoms. The lowest BCUT2D eigenvalue weighted by Crippen LogP contribution is -2.54. The fourth-order valence-electron chi connectivity index (χ4n) is 3.72. The van der Waals surface area contributed by atoms with Crippen LogP contribution in [0.1, 0.15) is 26.2 Å². The fourth-order valence-corrected chi connectivity index (χ4v) is 5.66. The number of hydrogen-bond donors (Lipinski definition) is 3. The summed E-state index contributed by atoms with van der Waals surface area (Å²) in [5.74, 6) is -0.106. The summed E-state index contributed by atoms with van der Waals surface area (Å²) < 4.78 is 40.7. The van der Waals surface area contributed by atoms with Gasteiger partial charge in [0.1, 0.15) is 12.4 Å². The Hall–Kier alpha value is -2.63. The van der Waals surface area contributed by atoms with Gasteiger partial charge in [0.15, 0.2) is 14.6 Å². The zero-order chi connectivity index (χ0) is 23.2. The van der Waals surface area contributed by atoms with E-state index in [4.69, 9.17) is 19.4 Å². The third kappa shape index (κ3) is 5.05. The van der Waals surface area contributed by atoms with Gasteiger partial charge in [-0.3, -0.25) is 14.8 Å². The van der Waals surface area contributed by atoms with E-state index in [2.05, 4.69) is 5.32 Å². The van der Waals surface area contributed by atoms with Gasteiger partial charge >= 0.3 is 0 Å². The van der Waals surface area contributed by atoms with Crippen LogP contribution in [0.25, 0.3) is 0 Å². The molecule has 0 bridgehead atoms. The van der Waals surface area contributed by atoms with Crippen molar-refractivity contribution in [2.75, 3.05) is 33.0 Å². The van der Waals surface area contributed by atoms with Gasteiger partial charge in [0.25, 0.3) is 5.91 Å². The van der Waals surface area contributed by atoms with Crippen molar-refractivity contribution in [1.82, 2.24) is 10.8 Å². The lowest BCUT2D eigenvalue weighted by molar-refractivity contribution is -0.134. The van der Waals surface area contributed by atoms with E-state index in [9.17, 15) is 18.0 Å². The van der Waals surface area contributed by atoms with Crippen LogP contribution in [-0.4, -0.2) is 63.2 Å². The molecule has 3 N–H and O–H groups in total. The number of carbonyl (C=O) groups excluding carboxylic acids is 2. The summed E-state index contributed by atoms with van der Waals surface area (Å²) in [5.41, 5.74) is 1.49. The van der Waals surface area contributed by atoms with Gasteiger partial charge in [-0.15, -0.1) is 0 Å². The normalized spacial score (nSPS) is 20.1. The highest BCUT2D eigenvalue weighted by atomic mass is 32.2. The molecule has 176 valence electrons. The summed E-state index contributed by atoms with van der Waals surface area (Å²) in [6.45, 7) is 3.15. The lowest BCUT2D eigenvalue weighted by atomic mass is 9.98. The van der Waals surface area contributed by atoms with Crippen LogP contribution in [0.2, 0.25) is 0 Å². The molecule has 0 radical (unpaired) electrons. The van der Waals surface area contributed by atoms with Gasteiger partial charge in [-0.25, -0.2) is 13.9 Å². The Kier molecular flexibility index (Phi) is 7.75. The molecule has 1 atom stereocenters. The van der Waals surface area contributed by atoms with Crippen molar-refractivity contribution >= 4 is 21.7 Å². The maximum Gasteiger partial charge on any atom is 0.265 e. The third-order valence-corrected chi connectivity index (χ3v) is 8.13. The molecule has 3 rings (SSSR count). The molecule has 1 aromatic carbocycles. The van der Waals surface area contributed by atoms with Crippen molar-refractivity contribution in [3.05, 3.63) is 36.1 Å². The first-order chi connectivity index (χ1) is 15.3. The Morgan fingerprint density at radius 2 is 1.91 bits per heavy atom. The van der Waals surface area contributed by atoms with E-state index >= 15 is 0 Å². The van der Waals surface area contributed by atoms with Crippen LogP contribution in [-0.2, 0) is 28.9 Å². The first kappa shape index (κ1) is 24.0. The summed E-state index contributed by atoms with van der Waals surface area (Å²) in [5, 5.41) is 11.9. The number of hydroxylamine groups is 1. The average molecular weight is 469 g/mol. The Morgan fingerprint density at radius 3 is 2.50 bits per heavy atom. The molecule has 2 heterocycles. The smallest absolute Gasteiger partial charge is 0.265 e. The molecule has 2 amide bonds. The number of ether oxygens (including phenoxy) is 3. The van der Waals surface area contributed by atoms with Crippen LogP contribution in [0, 0.1) is 5.92 Å². The number of benzene rings is 1. The molecule has 1 fully saturated rings. The number of amides is 2. The van der Waals surface area contributed by atoms with Crippen LogP contribution in [0.5, 0.6) is 5.75 Å². The molecule has 32 heavy (non-hydrogen) atoms. The standard InChI is InChI=1S/C21H28N2O8S/c1-15-13-16(14-31-15)19(24)22-9-2-10-30-17-3-5-18(6-4-17)32(27,28)21(20(25)23-26)7-11-29-12-8-21/h3-6,13,16,26H,2,7-12,14H2,1H3,(H,22,24)(H,23,25). The van der Waals surface area contributed by atoms with E-state index in [-0.39, 0.29) is 42.8 Å². The van der Waals surface area contributed by atoms with Gasteiger partial charge in [0.05, 0.1) is 23.2 Å². The predicted molar refractivity (Wildman–Crippen MR) is 113 cm³/mol. The number of sulfone groups is 1. The highest BCUT2D eigenvalue weighted by Gasteiger charge is 2.52. The van der Waals surface area contributed by atoms with Gasteiger partial charge in [0.2, 0.25) is 5.91 Å². The van der Waals surface area contributed by atoms with E-state index in [1.807, 2.05) is 6.92 Å². The third-order valence-electron chi connectivity index (χ3n) is 5.62. The summed E-state index contributed by atoms with van der Waals surface area (Å²) in [7, 11) is -4.07. The maximum atomic E-state index is 13.2. The number of allylic oxidation sites excluding steroid dienone is 1. The van der Waals surface area contributed by atoms with Crippen LogP contribution in [0.15, 0.2) is 41.0 Å². The maximum absolute atomic E-state index is 13.2. The largest absolute Gasteiger partial charge is 0.497 e. The minimum Gasteiger partial charge on any atom is -0.497 e. The van der Waals surface area contributed by atoms with Gasteiger partial charge in [-0.05, 0) is 56.5 Å². The lowest BCUT2D eigenvalue weighted by Gasteiger charge is -2.34. The molecule has 0 spiro atoms. The average Bonchev–Trinajstić information content (AvgIpc) is 3.25. The molecule has 10 nitrogen and oxygen atoms in total. The topological polar surface area (TPSA) is 140 Å². The number of rotatable bonds is 9. The molecule has 0 aliphatic carbocycles. The van der Waals surface area contributed by atoms with E-state index in [0.717, 1.165) is 5.76 Å². The molecule has 1 aromatic rings. The molecule has 0 saturated carbocycles. The quantitative estimate of drug-likeness (QED) is 0.276. The molecular weight excluding hydrogens is 440 g/mol. The minimum absolute atomic E-state index is 0.0373. The van der Waals surface area contributed by atoms with Crippen molar-refractivity contribution in [2.24, 2.45) is 5.92 Å². The number of hydrogen-bond acceptors (Lipinski definition) is 8. The molecule has 0 aromatic heterocycles. The zero-order valence-corrected chi connectivity index (χ0v) is 18.7. The van der Waals surface area contributed by atoms with Crippen molar-refractivity contribution in [2.45, 2.75) is 35.8 Å². The van der Waals surface area contributed by atoms with Gasteiger partial charge in [0, 0.05) is 19.8 Å². The highest BCUT2D eigenvalue weighted by Crippen LogP contribution is 2.35. The van der Waals surface area contributed by atoms with Crippen molar-refractivity contribution in [3.8, 4) is 5.75 Å². The molecule has 2 aliphatic rings. The second-order valence-corrected chi connectivity index (χ2v) is 9.97. The molecule has 1 unspecified atom stereocenters. The number of nitrogens with one attached hydrogen (secondary N) is 2. The van der Waals surface area contributed by atoms with Crippen molar-refractivity contribution < 1.29 is 37.4 Å². The second kappa shape index (κ2) is 10.3. The Balaban J connectivity index is 1.53. The van der Waals surface area contributed by atoms with E-state index < -0.39 is 20.5 Å². The van der Waals surface area contributed by atoms with Gasteiger partial charge in [-0.2, -0.15) is 0 Å². The second-order valence-electron chi connectivity index (χ2n) is 7.71. The first-order valence-corrected chi connectivity index (χ1v) is 11.9. The summed E-state index contributed by atoms with van der Waals surface area (Å²) in [6, 6.07) is 5.78. The van der Waals surface area contributed by atoms with Crippen LogP contribution < -0.4 is 15.5 Å². The van der Waals surface area contributed by atoms with Crippen molar-refractivity contribution in [1.29, 1.82) is 0 Å². The summed E-state index contributed by atoms with van der Waals surface area (Å²) >= 11 is 0. The summed E-state index contributed by atoms with van der Waals surface area (Å²) in [4.78, 5) is 24.2. The fraction of sp³-hybridized carbons (Fsp3) is 0.524. The Labute approximate surface area is 186 Å². The van der Waals surface area contributed by atoms with E-state index in [0.29, 0.717) is 31.9 Å². The minimum atomic E-state index is -4.07. The van der Waals surface area contributed by atoms with E-state index in [1.165, 1.54) is 29.7 Å². The van der Waals surface area contributed by atoms with Crippen molar-refractivity contribution in [3.63, 3.8) is 0 Å². The zero-order valence-electron chi connectivity index (χ0n) is 17.8. The predicted octanol–water partition coefficient (Wildman–Crippen LogP) is 0.950. The Morgan fingerprint density at radius 1 is 1.22 bits per heavy atom. The number of carbonyl (C=O) groups is 2. The Bertz CT molecular complexity index is 953. The monoisotopic (exact) mass is 468 g/mol. The van der Waals surface area contributed by atoms with Crippen LogP contribution >= 0.6 is 0 Å². The van der Waals surface area contributed by atoms with Gasteiger partial charge in [-0.1, -0.05) is 0 Å². The van der Waals surface area contributed by atoms with Crippen LogP contribution in [0.3, 0.4) is 0 Å². The molecule has 1 saturated heterocycles. The molecule has 2 aliphatic heterocycles.